The van der Waals surface area contributed by atoms with Crippen molar-refractivity contribution >= 4 is 23.3 Å². The van der Waals surface area contributed by atoms with Gasteiger partial charge in [-0.3, -0.25) is 4.79 Å². The summed E-state index contributed by atoms with van der Waals surface area (Å²) in [6, 6.07) is 10.4. The molecule has 5 nitrogen and oxygen atoms in total. The summed E-state index contributed by atoms with van der Waals surface area (Å²) >= 11 is 5.70. The number of amides is 1. The van der Waals surface area contributed by atoms with Crippen molar-refractivity contribution in [3.63, 3.8) is 0 Å². The molecule has 1 amide bonds. The third-order valence-electron chi connectivity index (χ3n) is 4.58. The van der Waals surface area contributed by atoms with Crippen molar-refractivity contribution in [3.05, 3.63) is 82.0 Å². The van der Waals surface area contributed by atoms with Gasteiger partial charge in [0.1, 0.15) is 5.82 Å². The number of carbonyl (C=O) groups excluding carboxylic acids is 1. The number of nitrogens with zero attached hydrogens (tertiary/aromatic N) is 2. The molecule has 0 radical (unpaired) electrons. The Morgan fingerprint density at radius 1 is 1.26 bits per heavy atom. The van der Waals surface area contributed by atoms with E-state index in [0.717, 1.165) is 25.1 Å². The first-order valence-electron chi connectivity index (χ1n) is 8.68. The molecule has 1 aliphatic heterocycles. The van der Waals surface area contributed by atoms with Crippen LogP contribution in [0.2, 0.25) is 5.02 Å². The standard InChI is InChI=1S/C20H18ClFN4O/c21-17-4-1-13(7-18(17)22)10-26-11-19(24-12-26)25-20(27)15-2-3-16-9-23-6-5-14(16)8-15/h1-4,7-8,11-12,23H,5-6,9-10H2,(H,25,27). The fourth-order valence-electron chi connectivity index (χ4n) is 3.17. The zero-order valence-electron chi connectivity index (χ0n) is 14.5. The van der Waals surface area contributed by atoms with Gasteiger partial charge in [0.2, 0.25) is 0 Å². The van der Waals surface area contributed by atoms with Gasteiger partial charge < -0.3 is 15.2 Å². The van der Waals surface area contributed by atoms with Crippen LogP contribution in [-0.2, 0) is 19.5 Å². The van der Waals surface area contributed by atoms with Crippen molar-refractivity contribution < 1.29 is 9.18 Å². The number of rotatable bonds is 4. The summed E-state index contributed by atoms with van der Waals surface area (Å²) in [6.45, 7) is 2.20. The Morgan fingerprint density at radius 3 is 3.00 bits per heavy atom. The van der Waals surface area contributed by atoms with Crippen LogP contribution in [0.5, 0.6) is 0 Å². The van der Waals surface area contributed by atoms with Crippen LogP contribution >= 0.6 is 11.6 Å². The average molecular weight is 385 g/mol. The molecule has 0 saturated heterocycles. The van der Waals surface area contributed by atoms with Crippen LogP contribution in [0.15, 0.2) is 48.9 Å². The highest BCUT2D eigenvalue weighted by molar-refractivity contribution is 6.30. The summed E-state index contributed by atoms with van der Waals surface area (Å²) < 4.78 is 15.3. The third-order valence-corrected chi connectivity index (χ3v) is 4.89. The molecule has 1 aromatic heterocycles. The van der Waals surface area contributed by atoms with E-state index in [9.17, 15) is 9.18 Å². The highest BCUT2D eigenvalue weighted by Crippen LogP contribution is 2.18. The first-order chi connectivity index (χ1) is 13.1. The van der Waals surface area contributed by atoms with Crippen molar-refractivity contribution in [1.82, 2.24) is 14.9 Å². The number of benzene rings is 2. The third kappa shape index (κ3) is 4.02. The van der Waals surface area contributed by atoms with E-state index < -0.39 is 5.82 Å². The van der Waals surface area contributed by atoms with Crippen LogP contribution in [0.1, 0.15) is 27.0 Å². The van der Waals surface area contributed by atoms with E-state index >= 15 is 0 Å². The van der Waals surface area contributed by atoms with E-state index in [4.69, 9.17) is 11.6 Å². The SMILES string of the molecule is O=C(Nc1cn(Cc2ccc(Cl)c(F)c2)cn1)c1ccc2c(c1)CCNC2. The van der Waals surface area contributed by atoms with Crippen LogP contribution in [-0.4, -0.2) is 22.0 Å². The fraction of sp³-hybridized carbons (Fsp3) is 0.200. The maximum Gasteiger partial charge on any atom is 0.256 e. The van der Waals surface area contributed by atoms with Crippen LogP contribution in [0, 0.1) is 5.82 Å². The van der Waals surface area contributed by atoms with Gasteiger partial charge >= 0.3 is 0 Å². The van der Waals surface area contributed by atoms with Gasteiger partial charge in [-0.1, -0.05) is 23.7 Å². The molecule has 138 valence electrons. The molecule has 1 aliphatic rings. The molecule has 2 N–H and O–H groups in total. The lowest BCUT2D eigenvalue weighted by Gasteiger charge is -2.17. The summed E-state index contributed by atoms with van der Waals surface area (Å²) in [6.07, 6.45) is 4.23. The Bertz CT molecular complexity index is 1000. The van der Waals surface area contributed by atoms with E-state index in [2.05, 4.69) is 15.6 Å². The van der Waals surface area contributed by atoms with Crippen molar-refractivity contribution in [2.75, 3.05) is 11.9 Å². The Hall–Kier alpha value is -2.70. The molecule has 4 rings (SSSR count). The van der Waals surface area contributed by atoms with Crippen molar-refractivity contribution in [1.29, 1.82) is 0 Å². The van der Waals surface area contributed by atoms with Gasteiger partial charge in [0.15, 0.2) is 5.82 Å². The second-order valence-electron chi connectivity index (χ2n) is 6.54. The highest BCUT2D eigenvalue weighted by Gasteiger charge is 2.13. The van der Waals surface area contributed by atoms with Crippen LogP contribution in [0.25, 0.3) is 0 Å². The Labute approximate surface area is 161 Å². The van der Waals surface area contributed by atoms with Gasteiger partial charge in [-0.15, -0.1) is 0 Å². The molecule has 0 saturated carbocycles. The minimum absolute atomic E-state index is 0.0955. The molecule has 0 unspecified atom stereocenters. The molecule has 0 bridgehead atoms. The lowest BCUT2D eigenvalue weighted by Crippen LogP contribution is -2.24. The summed E-state index contributed by atoms with van der Waals surface area (Å²) in [5, 5.41) is 6.22. The Balaban J connectivity index is 1.44. The molecule has 7 heteroatoms. The average Bonchev–Trinajstić information content (AvgIpc) is 3.11. The highest BCUT2D eigenvalue weighted by atomic mass is 35.5. The van der Waals surface area contributed by atoms with E-state index in [0.29, 0.717) is 17.9 Å². The second kappa shape index (κ2) is 7.50. The summed E-state index contributed by atoms with van der Waals surface area (Å²) in [7, 11) is 0. The number of aromatic nitrogens is 2. The lowest BCUT2D eigenvalue weighted by atomic mass is 9.98. The zero-order valence-corrected chi connectivity index (χ0v) is 15.3. The van der Waals surface area contributed by atoms with Gasteiger partial charge in [-0.05, 0) is 53.9 Å². The maximum absolute atomic E-state index is 13.5. The summed E-state index contributed by atoms with van der Waals surface area (Å²) in [4.78, 5) is 16.7. The van der Waals surface area contributed by atoms with E-state index in [-0.39, 0.29) is 10.9 Å². The number of imidazole rings is 1. The maximum atomic E-state index is 13.5. The van der Waals surface area contributed by atoms with Crippen LogP contribution in [0.3, 0.4) is 0 Å². The smallest absolute Gasteiger partial charge is 0.256 e. The molecule has 2 heterocycles. The molecule has 27 heavy (non-hydrogen) atoms. The normalized spacial score (nSPS) is 13.3. The van der Waals surface area contributed by atoms with Gasteiger partial charge in [-0.25, -0.2) is 9.37 Å². The van der Waals surface area contributed by atoms with Gasteiger partial charge in [0.25, 0.3) is 5.91 Å². The molecule has 2 aromatic carbocycles. The fourth-order valence-corrected chi connectivity index (χ4v) is 3.28. The first-order valence-corrected chi connectivity index (χ1v) is 9.06. The zero-order chi connectivity index (χ0) is 18.8. The molecule has 0 aliphatic carbocycles. The number of anilines is 1. The van der Waals surface area contributed by atoms with E-state index in [1.165, 1.54) is 23.3 Å². The summed E-state index contributed by atoms with van der Waals surface area (Å²) in [5.41, 5.74) is 3.81. The largest absolute Gasteiger partial charge is 0.331 e. The van der Waals surface area contributed by atoms with Crippen molar-refractivity contribution in [2.24, 2.45) is 0 Å². The van der Waals surface area contributed by atoms with Gasteiger partial charge in [0.05, 0.1) is 11.3 Å². The molecule has 0 fully saturated rings. The van der Waals surface area contributed by atoms with E-state index in [1.807, 2.05) is 18.2 Å². The quantitative estimate of drug-likeness (QED) is 0.722. The number of nitrogens with one attached hydrogen (secondary N) is 2. The minimum Gasteiger partial charge on any atom is -0.331 e. The second-order valence-corrected chi connectivity index (χ2v) is 6.95. The minimum atomic E-state index is -0.453. The Morgan fingerprint density at radius 2 is 2.15 bits per heavy atom. The molecule has 0 atom stereocenters. The number of hydrogen-bond acceptors (Lipinski definition) is 3. The van der Waals surface area contributed by atoms with Crippen LogP contribution < -0.4 is 10.6 Å². The molecule has 3 aromatic rings. The molecular formula is C20H18ClFN4O. The monoisotopic (exact) mass is 384 g/mol. The first kappa shape index (κ1) is 17.7. The topological polar surface area (TPSA) is 59.0 Å². The molecule has 0 spiro atoms. The number of carbonyl (C=O) groups is 1. The Kier molecular flexibility index (Phi) is 4.92. The van der Waals surface area contributed by atoms with Gasteiger partial charge in [-0.2, -0.15) is 0 Å². The molecular weight excluding hydrogens is 367 g/mol. The lowest BCUT2D eigenvalue weighted by molar-refractivity contribution is 0.102. The number of halogens is 2. The summed E-state index contributed by atoms with van der Waals surface area (Å²) in [5.74, 6) is -0.196. The van der Waals surface area contributed by atoms with E-state index in [1.54, 1.807) is 23.2 Å². The number of fused-ring (bicyclic) bond motifs is 1. The van der Waals surface area contributed by atoms with Gasteiger partial charge in [0, 0.05) is 24.8 Å². The number of hydrogen-bond donors (Lipinski definition) is 2. The van der Waals surface area contributed by atoms with Crippen molar-refractivity contribution in [3.8, 4) is 0 Å². The predicted octanol–water partition coefficient (Wildman–Crippen LogP) is 3.62. The predicted molar refractivity (Wildman–Crippen MR) is 103 cm³/mol. The van der Waals surface area contributed by atoms with Crippen molar-refractivity contribution in [2.45, 2.75) is 19.5 Å². The van der Waals surface area contributed by atoms with Crippen LogP contribution in [0.4, 0.5) is 10.2 Å².